The molecule has 9 heteroatoms. The highest BCUT2D eigenvalue weighted by molar-refractivity contribution is 6.31. The number of aliphatic hydroxyl groups excluding tert-OH is 1. The van der Waals surface area contributed by atoms with E-state index in [9.17, 15) is 9.50 Å². The van der Waals surface area contributed by atoms with Crippen LogP contribution in [0.1, 0.15) is 24.2 Å². The van der Waals surface area contributed by atoms with Crippen molar-refractivity contribution >= 4 is 22.9 Å². The quantitative estimate of drug-likeness (QED) is 0.653. The Balaban J connectivity index is 1.88. The van der Waals surface area contributed by atoms with Crippen LogP contribution < -0.4 is 9.47 Å². The number of aromatic nitrogens is 3. The molecule has 1 aliphatic heterocycles. The number of fused-ring (bicyclic) bond motifs is 2. The molecule has 7 nitrogen and oxygen atoms in total. The Kier molecular flexibility index (Phi) is 5.06. The number of rotatable bonds is 1. The van der Waals surface area contributed by atoms with E-state index >= 15 is 0 Å². The van der Waals surface area contributed by atoms with Crippen molar-refractivity contribution in [3.63, 3.8) is 0 Å². The van der Waals surface area contributed by atoms with E-state index in [0.29, 0.717) is 35.1 Å². The number of ether oxygens (including phenoxy) is 2. The van der Waals surface area contributed by atoms with Gasteiger partial charge in [-0.2, -0.15) is 10.1 Å². The van der Waals surface area contributed by atoms with Gasteiger partial charge in [0, 0.05) is 25.0 Å². The molecule has 2 atom stereocenters. The van der Waals surface area contributed by atoms with Crippen LogP contribution in [0.3, 0.4) is 0 Å². The Hall–Kier alpha value is -2.84. The smallest absolute Gasteiger partial charge is 0.217 e. The fourth-order valence-electron chi connectivity index (χ4n) is 3.32. The third-order valence-electron chi connectivity index (χ3n) is 4.89. The number of nitrogens with zero attached hydrogens (tertiary/aromatic N) is 4. The maximum absolute atomic E-state index is 14.2. The Labute approximate surface area is 171 Å². The van der Waals surface area contributed by atoms with Gasteiger partial charge in [-0.3, -0.25) is 0 Å². The number of likely N-dealkylation sites (N-methyl/N-ethyl adjacent to an activating group) is 1. The van der Waals surface area contributed by atoms with E-state index in [2.05, 4.69) is 16.7 Å². The van der Waals surface area contributed by atoms with Gasteiger partial charge in [0.25, 0.3) is 0 Å². The Morgan fingerprint density at radius 1 is 1.34 bits per heavy atom. The van der Waals surface area contributed by atoms with Gasteiger partial charge >= 0.3 is 0 Å². The standard InChI is InChI=1S/C20H20ClFN4O3/c1-11-14-8-23-26-7-6-17(24-20(14)26)28-12(2)18-16(5-4-15(22)19(18)21)29-13(10-27)9-25(11)3/h4-8,12-13,27H,1,9-10H2,2-3H3/t12-,13?/m1/s1. The van der Waals surface area contributed by atoms with Gasteiger partial charge in [0.1, 0.15) is 23.8 Å². The van der Waals surface area contributed by atoms with Crippen LogP contribution in [-0.2, 0) is 0 Å². The van der Waals surface area contributed by atoms with E-state index < -0.39 is 18.0 Å². The van der Waals surface area contributed by atoms with Crippen LogP contribution in [0.15, 0.2) is 37.2 Å². The number of benzene rings is 1. The molecule has 0 fully saturated rings. The van der Waals surface area contributed by atoms with Gasteiger partial charge in [-0.25, -0.2) is 8.91 Å². The first-order chi connectivity index (χ1) is 13.9. The van der Waals surface area contributed by atoms with E-state index in [-0.39, 0.29) is 11.6 Å². The molecule has 0 amide bonds. The predicted octanol–water partition coefficient (Wildman–Crippen LogP) is 3.32. The van der Waals surface area contributed by atoms with Gasteiger partial charge in [-0.15, -0.1) is 0 Å². The minimum Gasteiger partial charge on any atom is -0.486 e. The lowest BCUT2D eigenvalue weighted by Gasteiger charge is -2.27. The molecule has 0 aliphatic carbocycles. The summed E-state index contributed by atoms with van der Waals surface area (Å²) < 4.78 is 27.7. The van der Waals surface area contributed by atoms with Crippen molar-refractivity contribution in [2.75, 3.05) is 20.2 Å². The highest BCUT2D eigenvalue weighted by atomic mass is 35.5. The maximum atomic E-state index is 14.2. The number of halogens is 2. The molecule has 29 heavy (non-hydrogen) atoms. The summed E-state index contributed by atoms with van der Waals surface area (Å²) in [6.07, 6.45) is 2.13. The SMILES string of the molecule is C=C1c2cnn3ccc(nc23)O[C@H](C)c2c(ccc(F)c2Cl)OC(CO)CN1C. The Morgan fingerprint density at radius 3 is 2.90 bits per heavy atom. The van der Waals surface area contributed by atoms with Crippen LogP contribution in [-0.4, -0.2) is 50.9 Å². The van der Waals surface area contributed by atoms with Crippen molar-refractivity contribution in [1.29, 1.82) is 0 Å². The largest absolute Gasteiger partial charge is 0.486 e. The summed E-state index contributed by atoms with van der Waals surface area (Å²) in [7, 11) is 1.83. The van der Waals surface area contributed by atoms with Gasteiger partial charge in [-0.05, 0) is 19.1 Å². The molecular weight excluding hydrogens is 399 g/mol. The van der Waals surface area contributed by atoms with E-state index in [4.69, 9.17) is 21.1 Å². The normalized spacial score (nSPS) is 19.8. The molecule has 0 radical (unpaired) electrons. The lowest BCUT2D eigenvalue weighted by Crippen LogP contribution is -2.35. The zero-order chi connectivity index (χ0) is 20.7. The summed E-state index contributed by atoms with van der Waals surface area (Å²) in [4.78, 5) is 6.39. The van der Waals surface area contributed by atoms with E-state index in [1.165, 1.54) is 12.1 Å². The molecule has 1 aliphatic rings. The van der Waals surface area contributed by atoms with Crippen molar-refractivity contribution in [2.45, 2.75) is 19.1 Å². The molecule has 3 heterocycles. The molecule has 1 N–H and O–H groups in total. The van der Waals surface area contributed by atoms with Crippen LogP contribution in [0.5, 0.6) is 11.6 Å². The van der Waals surface area contributed by atoms with Crippen LogP contribution in [0.2, 0.25) is 5.02 Å². The summed E-state index contributed by atoms with van der Waals surface area (Å²) in [5, 5.41) is 14.1. The number of hydrogen-bond acceptors (Lipinski definition) is 6. The third kappa shape index (κ3) is 3.49. The van der Waals surface area contributed by atoms with E-state index in [0.717, 1.165) is 5.56 Å². The highest BCUT2D eigenvalue weighted by Gasteiger charge is 2.25. The molecule has 152 valence electrons. The number of aliphatic hydroxyl groups is 1. The summed E-state index contributed by atoms with van der Waals surface area (Å²) in [6, 6.07) is 4.38. The average Bonchev–Trinajstić information content (AvgIpc) is 3.12. The second-order valence-electron chi connectivity index (χ2n) is 6.88. The Morgan fingerprint density at radius 2 is 2.14 bits per heavy atom. The molecule has 1 aromatic carbocycles. The van der Waals surface area contributed by atoms with Crippen LogP contribution in [0.25, 0.3) is 11.3 Å². The molecule has 2 bridgehead atoms. The summed E-state index contributed by atoms with van der Waals surface area (Å²) in [5.74, 6) is 0.0815. The lowest BCUT2D eigenvalue weighted by atomic mass is 10.1. The lowest BCUT2D eigenvalue weighted by molar-refractivity contribution is 0.0945. The summed E-state index contributed by atoms with van der Waals surface area (Å²) in [6.45, 7) is 5.94. The van der Waals surface area contributed by atoms with Gasteiger partial charge in [-0.1, -0.05) is 18.2 Å². The van der Waals surface area contributed by atoms with Crippen molar-refractivity contribution < 1.29 is 19.0 Å². The van der Waals surface area contributed by atoms with Gasteiger partial charge in [0.15, 0.2) is 5.65 Å². The molecule has 4 rings (SSSR count). The summed E-state index contributed by atoms with van der Waals surface area (Å²) >= 11 is 6.25. The van der Waals surface area contributed by atoms with Crippen molar-refractivity contribution in [2.24, 2.45) is 0 Å². The zero-order valence-corrected chi connectivity index (χ0v) is 16.7. The van der Waals surface area contributed by atoms with Gasteiger partial charge in [0.05, 0.1) is 35.5 Å². The highest BCUT2D eigenvalue weighted by Crippen LogP contribution is 2.37. The molecule has 0 saturated heterocycles. The van der Waals surface area contributed by atoms with Crippen molar-refractivity contribution in [1.82, 2.24) is 19.5 Å². The first kappa shape index (κ1) is 19.5. The molecule has 2 aromatic heterocycles. The zero-order valence-electron chi connectivity index (χ0n) is 16.0. The van der Waals surface area contributed by atoms with Crippen LogP contribution in [0, 0.1) is 5.82 Å². The Bertz CT molecular complexity index is 1090. The van der Waals surface area contributed by atoms with Gasteiger partial charge in [0.2, 0.25) is 5.88 Å². The number of hydrogen-bond donors (Lipinski definition) is 1. The minimum absolute atomic E-state index is 0.0922. The summed E-state index contributed by atoms with van der Waals surface area (Å²) in [5.41, 5.74) is 2.30. The average molecular weight is 419 g/mol. The van der Waals surface area contributed by atoms with Gasteiger partial charge < -0.3 is 19.5 Å². The predicted molar refractivity (Wildman–Crippen MR) is 107 cm³/mol. The molecular formula is C20H20ClFN4O3. The fraction of sp³-hybridized carbons (Fsp3) is 0.300. The first-order valence-corrected chi connectivity index (χ1v) is 9.43. The topological polar surface area (TPSA) is 72.1 Å². The van der Waals surface area contributed by atoms with E-state index in [1.54, 1.807) is 29.9 Å². The second kappa shape index (κ2) is 7.53. The van der Waals surface area contributed by atoms with Crippen molar-refractivity contribution in [3.05, 3.63) is 59.1 Å². The monoisotopic (exact) mass is 418 g/mol. The second-order valence-corrected chi connectivity index (χ2v) is 7.25. The van der Waals surface area contributed by atoms with E-state index in [1.807, 2.05) is 11.9 Å². The van der Waals surface area contributed by atoms with Crippen LogP contribution >= 0.6 is 11.6 Å². The molecule has 3 aromatic rings. The molecule has 1 unspecified atom stereocenters. The fourth-order valence-corrected chi connectivity index (χ4v) is 3.63. The minimum atomic E-state index is -0.657. The van der Waals surface area contributed by atoms with Crippen LogP contribution in [0.4, 0.5) is 4.39 Å². The first-order valence-electron chi connectivity index (χ1n) is 9.06. The molecule has 0 spiro atoms. The molecule has 0 saturated carbocycles. The van der Waals surface area contributed by atoms with Crippen molar-refractivity contribution in [3.8, 4) is 11.6 Å². The maximum Gasteiger partial charge on any atom is 0.217 e. The third-order valence-corrected chi connectivity index (χ3v) is 5.27.